The topological polar surface area (TPSA) is 29.3 Å². The lowest BCUT2D eigenvalue weighted by Gasteiger charge is -2.41. The Kier molecular flexibility index (Phi) is 6.25. The Morgan fingerprint density at radius 2 is 1.90 bits per heavy atom. The minimum absolute atomic E-state index is 0.646. The molecule has 1 saturated carbocycles. The second-order valence-electron chi connectivity index (χ2n) is 7.15. The van der Waals surface area contributed by atoms with E-state index in [0.29, 0.717) is 17.9 Å². The second kappa shape index (κ2) is 7.95. The van der Waals surface area contributed by atoms with Gasteiger partial charge in [-0.3, -0.25) is 0 Å². The Labute approximate surface area is 130 Å². The number of nitrogens with zero attached hydrogens (tertiary/aromatic N) is 1. The number of benzene rings is 1. The van der Waals surface area contributed by atoms with Crippen LogP contribution in [0.1, 0.15) is 51.0 Å². The van der Waals surface area contributed by atoms with Crippen LogP contribution >= 0.6 is 0 Å². The molecule has 0 aromatic heterocycles. The predicted octanol–water partition coefficient (Wildman–Crippen LogP) is 3.88. The van der Waals surface area contributed by atoms with E-state index in [1.54, 1.807) is 0 Å². The number of nitrogens with two attached hydrogens (primary N) is 1. The molecule has 3 atom stereocenters. The fraction of sp³-hybridized carbons (Fsp3) is 0.684. The highest BCUT2D eigenvalue weighted by atomic mass is 15.1. The van der Waals surface area contributed by atoms with E-state index in [2.05, 4.69) is 56.1 Å². The Morgan fingerprint density at radius 3 is 2.52 bits per heavy atom. The van der Waals surface area contributed by atoms with Gasteiger partial charge in [-0.25, -0.2) is 0 Å². The molecule has 0 bridgehead atoms. The van der Waals surface area contributed by atoms with Gasteiger partial charge in [0.15, 0.2) is 0 Å². The van der Waals surface area contributed by atoms with Crippen molar-refractivity contribution in [3.8, 4) is 0 Å². The van der Waals surface area contributed by atoms with Crippen molar-refractivity contribution in [2.75, 3.05) is 20.1 Å². The molecule has 2 N–H and O–H groups in total. The van der Waals surface area contributed by atoms with E-state index < -0.39 is 0 Å². The van der Waals surface area contributed by atoms with Crippen LogP contribution in [-0.4, -0.2) is 31.1 Å². The van der Waals surface area contributed by atoms with Gasteiger partial charge in [0.2, 0.25) is 0 Å². The van der Waals surface area contributed by atoms with Crippen molar-refractivity contribution in [3.63, 3.8) is 0 Å². The van der Waals surface area contributed by atoms with Crippen LogP contribution in [0.15, 0.2) is 30.3 Å². The lowest BCUT2D eigenvalue weighted by atomic mass is 9.75. The highest BCUT2D eigenvalue weighted by Crippen LogP contribution is 2.37. The summed E-state index contributed by atoms with van der Waals surface area (Å²) in [5.41, 5.74) is 7.55. The molecule has 0 radical (unpaired) electrons. The first kappa shape index (κ1) is 16.5. The van der Waals surface area contributed by atoms with Crippen molar-refractivity contribution >= 4 is 0 Å². The Balaban J connectivity index is 2.02. The van der Waals surface area contributed by atoms with E-state index in [9.17, 15) is 0 Å². The summed E-state index contributed by atoms with van der Waals surface area (Å²) >= 11 is 0. The third kappa shape index (κ3) is 4.55. The molecule has 0 heterocycles. The van der Waals surface area contributed by atoms with Crippen LogP contribution in [0.3, 0.4) is 0 Å². The molecule has 1 fully saturated rings. The molecular weight excluding hydrogens is 256 g/mol. The minimum atomic E-state index is 0.646. The van der Waals surface area contributed by atoms with Crippen LogP contribution < -0.4 is 5.73 Å². The molecule has 0 saturated heterocycles. The van der Waals surface area contributed by atoms with Gasteiger partial charge in [-0.15, -0.1) is 0 Å². The largest absolute Gasteiger partial charge is 0.330 e. The highest BCUT2D eigenvalue weighted by Gasteiger charge is 2.32. The van der Waals surface area contributed by atoms with Gasteiger partial charge in [0.1, 0.15) is 0 Å². The molecular formula is C19H32N2. The standard InChI is InChI=1S/C19H32N2/c1-15(2)11-12-21(3)19-13-17(9-10-18(19)14-20)16-7-5-4-6-8-16/h4-8,15,17-19H,9-14,20H2,1-3H3. The van der Waals surface area contributed by atoms with Crippen molar-refractivity contribution < 1.29 is 0 Å². The molecule has 2 heteroatoms. The van der Waals surface area contributed by atoms with Crippen LogP contribution in [0.4, 0.5) is 0 Å². The van der Waals surface area contributed by atoms with Gasteiger partial charge in [-0.1, -0.05) is 44.2 Å². The van der Waals surface area contributed by atoms with Crippen molar-refractivity contribution in [2.24, 2.45) is 17.6 Å². The zero-order valence-electron chi connectivity index (χ0n) is 14.0. The smallest absolute Gasteiger partial charge is 0.0138 e. The quantitative estimate of drug-likeness (QED) is 0.861. The zero-order chi connectivity index (χ0) is 15.2. The summed E-state index contributed by atoms with van der Waals surface area (Å²) in [6.07, 6.45) is 5.11. The van der Waals surface area contributed by atoms with Gasteiger partial charge in [-0.05, 0) is 69.1 Å². The summed E-state index contributed by atoms with van der Waals surface area (Å²) in [5.74, 6) is 2.15. The average Bonchev–Trinajstić information content (AvgIpc) is 2.52. The third-order valence-electron chi connectivity index (χ3n) is 5.16. The van der Waals surface area contributed by atoms with Crippen molar-refractivity contribution in [3.05, 3.63) is 35.9 Å². The molecule has 118 valence electrons. The average molecular weight is 288 g/mol. The first-order valence-corrected chi connectivity index (χ1v) is 8.57. The SMILES string of the molecule is CC(C)CCN(C)C1CC(c2ccccc2)CCC1CN. The van der Waals surface area contributed by atoms with Crippen LogP contribution in [0, 0.1) is 11.8 Å². The lowest BCUT2D eigenvalue weighted by Crippen LogP contribution is -2.45. The molecule has 0 amide bonds. The molecule has 1 aliphatic carbocycles. The predicted molar refractivity (Wildman–Crippen MR) is 91.5 cm³/mol. The third-order valence-corrected chi connectivity index (χ3v) is 5.16. The molecule has 1 aromatic carbocycles. The molecule has 1 aromatic rings. The van der Waals surface area contributed by atoms with Gasteiger partial charge in [0.05, 0.1) is 0 Å². The maximum absolute atomic E-state index is 6.04. The maximum Gasteiger partial charge on any atom is 0.0138 e. The second-order valence-corrected chi connectivity index (χ2v) is 7.15. The van der Waals surface area contributed by atoms with Gasteiger partial charge in [0, 0.05) is 6.04 Å². The van der Waals surface area contributed by atoms with E-state index >= 15 is 0 Å². The Hall–Kier alpha value is -0.860. The highest BCUT2D eigenvalue weighted by molar-refractivity contribution is 5.20. The van der Waals surface area contributed by atoms with Crippen molar-refractivity contribution in [1.29, 1.82) is 0 Å². The molecule has 0 spiro atoms. The molecule has 21 heavy (non-hydrogen) atoms. The molecule has 2 rings (SSSR count). The summed E-state index contributed by atoms with van der Waals surface area (Å²) in [6, 6.07) is 11.7. The van der Waals surface area contributed by atoms with Crippen LogP contribution in [-0.2, 0) is 0 Å². The van der Waals surface area contributed by atoms with E-state index in [1.807, 2.05) is 0 Å². The fourth-order valence-corrected chi connectivity index (χ4v) is 3.68. The molecule has 0 aliphatic heterocycles. The first-order valence-electron chi connectivity index (χ1n) is 8.57. The number of hydrogen-bond donors (Lipinski definition) is 1. The minimum Gasteiger partial charge on any atom is -0.330 e. The molecule has 1 aliphatic rings. The van der Waals surface area contributed by atoms with Crippen molar-refractivity contribution in [1.82, 2.24) is 4.90 Å². The van der Waals surface area contributed by atoms with E-state index in [4.69, 9.17) is 5.73 Å². The zero-order valence-corrected chi connectivity index (χ0v) is 14.0. The summed E-state index contributed by atoms with van der Waals surface area (Å²) in [5, 5.41) is 0. The number of rotatable bonds is 6. The van der Waals surface area contributed by atoms with Crippen LogP contribution in [0.2, 0.25) is 0 Å². The molecule has 3 unspecified atom stereocenters. The van der Waals surface area contributed by atoms with Gasteiger partial charge < -0.3 is 10.6 Å². The maximum atomic E-state index is 6.04. The first-order chi connectivity index (χ1) is 10.1. The Morgan fingerprint density at radius 1 is 1.19 bits per heavy atom. The Bertz CT molecular complexity index is 401. The summed E-state index contributed by atoms with van der Waals surface area (Å²) in [4.78, 5) is 2.58. The van der Waals surface area contributed by atoms with Crippen LogP contribution in [0.25, 0.3) is 0 Å². The van der Waals surface area contributed by atoms with Gasteiger partial charge in [-0.2, -0.15) is 0 Å². The van der Waals surface area contributed by atoms with Crippen LogP contribution in [0.5, 0.6) is 0 Å². The summed E-state index contributed by atoms with van der Waals surface area (Å²) < 4.78 is 0. The normalized spacial score (nSPS) is 26.5. The molecule has 2 nitrogen and oxygen atoms in total. The van der Waals surface area contributed by atoms with E-state index in [-0.39, 0.29) is 0 Å². The fourth-order valence-electron chi connectivity index (χ4n) is 3.68. The van der Waals surface area contributed by atoms with Crippen molar-refractivity contribution in [2.45, 2.75) is 51.5 Å². The summed E-state index contributed by atoms with van der Waals surface area (Å²) in [6.45, 7) is 6.64. The van der Waals surface area contributed by atoms with Gasteiger partial charge in [0.25, 0.3) is 0 Å². The summed E-state index contributed by atoms with van der Waals surface area (Å²) in [7, 11) is 2.29. The monoisotopic (exact) mass is 288 g/mol. The van der Waals surface area contributed by atoms with E-state index in [0.717, 1.165) is 12.5 Å². The van der Waals surface area contributed by atoms with E-state index in [1.165, 1.54) is 37.8 Å². The van der Waals surface area contributed by atoms with Gasteiger partial charge >= 0.3 is 0 Å². The number of hydrogen-bond acceptors (Lipinski definition) is 2. The lowest BCUT2D eigenvalue weighted by molar-refractivity contribution is 0.118.